The van der Waals surface area contributed by atoms with Gasteiger partial charge in [0, 0.05) is 0 Å². The van der Waals surface area contributed by atoms with Crippen LogP contribution in [0.5, 0.6) is 5.75 Å². The van der Waals surface area contributed by atoms with Crippen molar-refractivity contribution in [3.05, 3.63) is 53.6 Å². The van der Waals surface area contributed by atoms with Crippen LogP contribution in [0.25, 0.3) is 11.1 Å². The first-order chi connectivity index (χ1) is 8.91. The molecule has 0 radical (unpaired) electrons. The fourth-order valence-electron chi connectivity index (χ4n) is 1.92. The van der Waals surface area contributed by atoms with Gasteiger partial charge in [0.1, 0.15) is 5.75 Å². The molecule has 19 heavy (non-hydrogen) atoms. The van der Waals surface area contributed by atoms with Crippen molar-refractivity contribution in [2.24, 2.45) is 0 Å². The minimum Gasteiger partial charge on any atom is -0.508 e. The summed E-state index contributed by atoms with van der Waals surface area (Å²) < 4.78 is 37.9. The van der Waals surface area contributed by atoms with Crippen molar-refractivity contribution in [3.63, 3.8) is 0 Å². The Morgan fingerprint density at radius 1 is 1.00 bits per heavy atom. The van der Waals surface area contributed by atoms with Gasteiger partial charge in [-0.15, -0.1) is 0 Å². The highest BCUT2D eigenvalue weighted by Crippen LogP contribution is 2.33. The molecule has 0 saturated heterocycles. The number of phenolic OH excluding ortho intramolecular Hbond substituents is 1. The Morgan fingerprint density at radius 2 is 1.68 bits per heavy atom. The number of rotatable bonds is 2. The molecule has 0 saturated carbocycles. The lowest BCUT2D eigenvalue weighted by atomic mass is 10.0. The van der Waals surface area contributed by atoms with Gasteiger partial charge in [0.2, 0.25) is 0 Å². The molecule has 0 aliphatic carbocycles. The summed E-state index contributed by atoms with van der Waals surface area (Å²) in [5.74, 6) is 0.109. The maximum absolute atomic E-state index is 12.6. The predicted octanol–water partition coefficient (Wildman–Crippen LogP) is 4.64. The van der Waals surface area contributed by atoms with Crippen LogP contribution in [0.15, 0.2) is 42.5 Å². The first kappa shape index (κ1) is 13.5. The number of aromatic hydroxyl groups is 1. The quantitative estimate of drug-likeness (QED) is 0.839. The molecule has 0 atom stereocenters. The van der Waals surface area contributed by atoms with E-state index < -0.39 is 11.7 Å². The van der Waals surface area contributed by atoms with Crippen molar-refractivity contribution < 1.29 is 18.3 Å². The van der Waals surface area contributed by atoms with Gasteiger partial charge >= 0.3 is 6.18 Å². The van der Waals surface area contributed by atoms with Gasteiger partial charge in [-0.2, -0.15) is 13.2 Å². The fraction of sp³-hybridized carbons (Fsp3) is 0.200. The zero-order chi connectivity index (χ0) is 14.0. The second-order valence-corrected chi connectivity index (χ2v) is 4.28. The Kier molecular flexibility index (Phi) is 3.51. The average molecular weight is 266 g/mol. The third kappa shape index (κ3) is 2.89. The van der Waals surface area contributed by atoms with E-state index in [1.807, 2.05) is 6.92 Å². The van der Waals surface area contributed by atoms with Crippen LogP contribution >= 0.6 is 0 Å². The van der Waals surface area contributed by atoms with E-state index in [1.54, 1.807) is 18.2 Å². The molecule has 0 heterocycles. The summed E-state index contributed by atoms with van der Waals surface area (Å²) in [7, 11) is 0. The van der Waals surface area contributed by atoms with Crippen molar-refractivity contribution in [2.45, 2.75) is 19.5 Å². The first-order valence-electron chi connectivity index (χ1n) is 5.91. The SMILES string of the molecule is CCc1ccc(-c2cccc(C(F)(F)F)c2)cc1O. The van der Waals surface area contributed by atoms with E-state index in [1.165, 1.54) is 12.1 Å². The van der Waals surface area contributed by atoms with Crippen LogP contribution in [-0.4, -0.2) is 5.11 Å². The zero-order valence-corrected chi connectivity index (χ0v) is 10.3. The smallest absolute Gasteiger partial charge is 0.416 e. The predicted molar refractivity (Wildman–Crippen MR) is 67.9 cm³/mol. The molecule has 0 fully saturated rings. The van der Waals surface area contributed by atoms with Crippen LogP contribution in [0.3, 0.4) is 0 Å². The number of halogens is 3. The molecule has 4 heteroatoms. The van der Waals surface area contributed by atoms with E-state index in [0.717, 1.165) is 17.7 Å². The molecule has 1 N–H and O–H groups in total. The van der Waals surface area contributed by atoms with Gasteiger partial charge in [-0.3, -0.25) is 0 Å². The van der Waals surface area contributed by atoms with E-state index in [2.05, 4.69) is 0 Å². The summed E-state index contributed by atoms with van der Waals surface area (Å²) >= 11 is 0. The average Bonchev–Trinajstić information content (AvgIpc) is 2.38. The highest BCUT2D eigenvalue weighted by atomic mass is 19.4. The van der Waals surface area contributed by atoms with Crippen LogP contribution in [-0.2, 0) is 12.6 Å². The molecule has 1 nitrogen and oxygen atoms in total. The molecular formula is C15H13F3O. The van der Waals surface area contributed by atoms with Gasteiger partial charge in [0.25, 0.3) is 0 Å². The number of hydrogen-bond donors (Lipinski definition) is 1. The van der Waals surface area contributed by atoms with Gasteiger partial charge in [-0.25, -0.2) is 0 Å². The number of aryl methyl sites for hydroxylation is 1. The fourth-order valence-corrected chi connectivity index (χ4v) is 1.92. The number of benzene rings is 2. The Balaban J connectivity index is 2.45. The van der Waals surface area contributed by atoms with E-state index in [0.29, 0.717) is 17.5 Å². The monoisotopic (exact) mass is 266 g/mol. The van der Waals surface area contributed by atoms with Crippen LogP contribution < -0.4 is 0 Å². The van der Waals surface area contributed by atoms with Crippen molar-refractivity contribution in [1.82, 2.24) is 0 Å². The van der Waals surface area contributed by atoms with Crippen molar-refractivity contribution in [2.75, 3.05) is 0 Å². The topological polar surface area (TPSA) is 20.2 Å². The van der Waals surface area contributed by atoms with E-state index in [9.17, 15) is 18.3 Å². The highest BCUT2D eigenvalue weighted by Gasteiger charge is 2.30. The van der Waals surface area contributed by atoms with E-state index in [4.69, 9.17) is 0 Å². The van der Waals surface area contributed by atoms with Crippen molar-refractivity contribution >= 4 is 0 Å². The standard InChI is InChI=1S/C15H13F3O/c1-2-10-6-7-12(9-14(10)19)11-4-3-5-13(8-11)15(16,17)18/h3-9,19H,2H2,1H3. The minimum atomic E-state index is -4.36. The third-order valence-corrected chi connectivity index (χ3v) is 2.99. The molecule has 100 valence electrons. The Hall–Kier alpha value is -1.97. The molecule has 0 aliphatic rings. The molecule has 0 spiro atoms. The molecule has 0 aliphatic heterocycles. The van der Waals surface area contributed by atoms with Crippen LogP contribution in [0, 0.1) is 0 Å². The molecular weight excluding hydrogens is 253 g/mol. The third-order valence-electron chi connectivity index (χ3n) is 2.99. The summed E-state index contributed by atoms with van der Waals surface area (Å²) in [4.78, 5) is 0. The molecule has 2 aromatic carbocycles. The second-order valence-electron chi connectivity index (χ2n) is 4.28. The normalized spacial score (nSPS) is 11.6. The Bertz CT molecular complexity index is 588. The molecule has 2 aromatic rings. The zero-order valence-electron chi connectivity index (χ0n) is 10.3. The maximum Gasteiger partial charge on any atom is 0.416 e. The summed E-state index contributed by atoms with van der Waals surface area (Å²) in [5, 5.41) is 9.76. The number of phenols is 1. The highest BCUT2D eigenvalue weighted by molar-refractivity contribution is 5.66. The second kappa shape index (κ2) is 4.96. The van der Waals surface area contributed by atoms with Crippen molar-refractivity contribution in [1.29, 1.82) is 0 Å². The lowest BCUT2D eigenvalue weighted by Crippen LogP contribution is -2.04. The van der Waals surface area contributed by atoms with Crippen LogP contribution in [0.2, 0.25) is 0 Å². The largest absolute Gasteiger partial charge is 0.508 e. The summed E-state index contributed by atoms with van der Waals surface area (Å²) in [5.41, 5.74) is 1.09. The van der Waals surface area contributed by atoms with Gasteiger partial charge in [0.05, 0.1) is 5.56 Å². The lowest BCUT2D eigenvalue weighted by Gasteiger charge is -2.10. The van der Waals surface area contributed by atoms with E-state index >= 15 is 0 Å². The van der Waals surface area contributed by atoms with E-state index in [-0.39, 0.29) is 5.75 Å². The lowest BCUT2D eigenvalue weighted by molar-refractivity contribution is -0.137. The molecule has 0 aromatic heterocycles. The van der Waals surface area contributed by atoms with Gasteiger partial charge in [-0.05, 0) is 41.3 Å². The minimum absolute atomic E-state index is 0.109. The Labute approximate surface area is 109 Å². The Morgan fingerprint density at radius 3 is 2.26 bits per heavy atom. The number of alkyl halides is 3. The van der Waals surface area contributed by atoms with Gasteiger partial charge < -0.3 is 5.11 Å². The van der Waals surface area contributed by atoms with Crippen LogP contribution in [0.4, 0.5) is 13.2 Å². The summed E-state index contributed by atoms with van der Waals surface area (Å²) in [6.07, 6.45) is -3.68. The molecule has 0 amide bonds. The summed E-state index contributed by atoms with van der Waals surface area (Å²) in [6, 6.07) is 10.0. The maximum atomic E-state index is 12.6. The number of hydrogen-bond acceptors (Lipinski definition) is 1. The van der Waals surface area contributed by atoms with Gasteiger partial charge in [-0.1, -0.05) is 31.2 Å². The first-order valence-corrected chi connectivity index (χ1v) is 5.91. The molecule has 2 rings (SSSR count). The van der Waals surface area contributed by atoms with Crippen LogP contribution in [0.1, 0.15) is 18.1 Å². The molecule has 0 bridgehead atoms. The van der Waals surface area contributed by atoms with Gasteiger partial charge in [0.15, 0.2) is 0 Å². The van der Waals surface area contributed by atoms with Crippen molar-refractivity contribution in [3.8, 4) is 16.9 Å². The molecule has 0 unspecified atom stereocenters. The summed E-state index contributed by atoms with van der Waals surface area (Å²) in [6.45, 7) is 1.90.